The first-order chi connectivity index (χ1) is 3.73. The van der Waals surface area contributed by atoms with Gasteiger partial charge in [-0.05, 0) is 0 Å². The third kappa shape index (κ3) is 572. The molecule has 0 bridgehead atoms. The second kappa shape index (κ2) is 8.10. The third-order valence-corrected chi connectivity index (χ3v) is 0. The van der Waals surface area contributed by atoms with Crippen LogP contribution in [0.3, 0.4) is 0 Å². The first-order valence-electron chi connectivity index (χ1n) is 1.16. The molecule has 0 aromatic carbocycles. The van der Waals surface area contributed by atoms with Crippen LogP contribution in [0.15, 0.2) is 0 Å². The molecule has 0 atom stereocenters. The minimum absolute atomic E-state index is 0. The molecule has 3 N–H and O–H groups in total. The molecule has 0 fully saturated rings. The molecule has 0 saturated carbocycles. The summed E-state index contributed by atoms with van der Waals surface area (Å²) in [5.74, 6) is 0. The Morgan fingerprint density at radius 2 is 1.20 bits per heavy atom. The molecule has 0 saturated heterocycles. The van der Waals surface area contributed by atoms with E-state index in [1.165, 1.54) is 0 Å². The molecule has 64 valence electrons. The summed E-state index contributed by atoms with van der Waals surface area (Å²) in [7, 11) is -4.64. The maximum Gasteiger partial charge on any atom is 1.00 e. The second-order valence-corrected chi connectivity index (χ2v) is 2.13. The van der Waals surface area contributed by atoms with Gasteiger partial charge in [-0.15, -0.1) is 0 Å². The Bertz CT molecular complexity index is 96.5. The molecule has 0 aliphatic rings. The van der Waals surface area contributed by atoms with Gasteiger partial charge in [-0.2, -0.15) is 0 Å². The molecule has 0 radical (unpaired) electrons. The predicted octanol–water partition coefficient (Wildman–Crippen LogP) is -2.55. The summed E-state index contributed by atoms with van der Waals surface area (Å²) in [6, 6.07) is 0. The molecular weight excluding hydrogens is 218 g/mol. The maximum absolute atomic E-state index is 9.73. The van der Waals surface area contributed by atoms with E-state index in [2.05, 4.69) is 0 Å². The van der Waals surface area contributed by atoms with Crippen molar-refractivity contribution in [3.05, 3.63) is 0 Å². The zero-order valence-corrected chi connectivity index (χ0v) is 6.60. The Hall–Kier alpha value is 1.00. The van der Waals surface area contributed by atoms with Gasteiger partial charge in [0.15, 0.2) is 0 Å². The Balaban J connectivity index is -0.0000000383. The van der Waals surface area contributed by atoms with Gasteiger partial charge >= 0.3 is 52.4 Å². The SMILES string of the molecule is O=P(O)(O)O.[F][Co]([F])[F].[H-].[Li+]. The average Bonchev–Trinajstić information content (AvgIpc) is 1.19. The van der Waals surface area contributed by atoms with Crippen LogP contribution in [0.5, 0.6) is 0 Å². The summed E-state index contributed by atoms with van der Waals surface area (Å²) in [6.45, 7) is 0. The van der Waals surface area contributed by atoms with Gasteiger partial charge in [0.2, 0.25) is 0 Å². The van der Waals surface area contributed by atoms with Gasteiger partial charge in [-0.1, -0.05) is 0 Å². The molecule has 0 aliphatic heterocycles. The van der Waals surface area contributed by atoms with Crippen molar-refractivity contribution in [2.24, 2.45) is 0 Å². The molecule has 0 unspecified atom stereocenters. The Labute approximate surface area is 73.4 Å². The fourth-order valence-corrected chi connectivity index (χ4v) is 0. The van der Waals surface area contributed by atoms with Crippen molar-refractivity contribution in [3.63, 3.8) is 0 Å². The quantitative estimate of drug-likeness (QED) is 0.311. The molecule has 0 heterocycles. The summed E-state index contributed by atoms with van der Waals surface area (Å²) >= 11 is -4.10. The smallest absolute Gasteiger partial charge is 1.00 e. The molecular formula is H4CoF3LiO4P. The van der Waals surface area contributed by atoms with Crippen molar-refractivity contribution in [2.45, 2.75) is 0 Å². The van der Waals surface area contributed by atoms with Crippen molar-refractivity contribution in [3.8, 4) is 0 Å². The summed E-state index contributed by atoms with van der Waals surface area (Å²) in [5, 5.41) is 0. The molecule has 0 aromatic rings. The van der Waals surface area contributed by atoms with Crippen molar-refractivity contribution < 1.29 is 65.3 Å². The summed E-state index contributed by atoms with van der Waals surface area (Å²) in [4.78, 5) is 21.6. The van der Waals surface area contributed by atoms with Crippen molar-refractivity contribution in [1.29, 1.82) is 0 Å². The molecule has 0 aliphatic carbocycles. The van der Waals surface area contributed by atoms with Crippen LogP contribution >= 0.6 is 7.82 Å². The maximum atomic E-state index is 9.73. The van der Waals surface area contributed by atoms with Gasteiger partial charge in [-0.25, -0.2) is 4.57 Å². The fourth-order valence-electron chi connectivity index (χ4n) is 0. The molecule has 0 rings (SSSR count). The Kier molecular flexibility index (Phi) is 13.9. The van der Waals surface area contributed by atoms with Crippen LogP contribution in [-0.2, 0) is 19.6 Å². The van der Waals surface area contributed by atoms with Gasteiger partial charge in [0.05, 0.1) is 0 Å². The van der Waals surface area contributed by atoms with E-state index in [4.69, 9.17) is 19.2 Å². The van der Waals surface area contributed by atoms with E-state index in [1.54, 1.807) is 0 Å². The van der Waals surface area contributed by atoms with E-state index in [0.29, 0.717) is 0 Å². The van der Waals surface area contributed by atoms with E-state index >= 15 is 0 Å². The monoisotopic (exact) mass is 222 g/mol. The average molecular weight is 222 g/mol. The fraction of sp³-hybridized carbons (Fsp3) is 0. The largest absolute Gasteiger partial charge is 1.00 e. The van der Waals surface area contributed by atoms with Crippen LogP contribution in [0.25, 0.3) is 0 Å². The number of hydrogen-bond donors (Lipinski definition) is 3. The van der Waals surface area contributed by atoms with Crippen LogP contribution < -0.4 is 18.9 Å². The normalized spacial score (nSPS) is 10.4. The van der Waals surface area contributed by atoms with Crippen LogP contribution in [-0.4, -0.2) is 14.7 Å². The standard InChI is InChI=1S/Co.3FH.Li.H3O4P.H/c;;;;;1-5(2,3)4;/h;3*1H;;(H3,1,2,3,4);/q+3;;;;+1;;-1/p-3. The first kappa shape index (κ1) is 17.2. The minimum Gasteiger partial charge on any atom is -1.00 e. The minimum atomic E-state index is -4.64. The van der Waals surface area contributed by atoms with Gasteiger partial charge in [0, 0.05) is 0 Å². The van der Waals surface area contributed by atoms with E-state index in [0.717, 1.165) is 0 Å². The van der Waals surface area contributed by atoms with Crippen molar-refractivity contribution in [1.82, 2.24) is 0 Å². The predicted molar refractivity (Wildman–Crippen MR) is 18.7 cm³/mol. The molecule has 10 heavy (non-hydrogen) atoms. The Morgan fingerprint density at radius 3 is 1.20 bits per heavy atom. The number of phosphoric acid groups is 1. The van der Waals surface area contributed by atoms with Crippen LogP contribution in [0, 0.1) is 0 Å². The van der Waals surface area contributed by atoms with Crippen molar-refractivity contribution in [2.75, 3.05) is 0 Å². The zero-order chi connectivity index (χ0) is 8.08. The third-order valence-electron chi connectivity index (χ3n) is 0. The van der Waals surface area contributed by atoms with Gasteiger partial charge in [0.1, 0.15) is 0 Å². The number of hydrogen-bond acceptors (Lipinski definition) is 1. The zero-order valence-electron chi connectivity index (χ0n) is 5.66. The van der Waals surface area contributed by atoms with Crippen LogP contribution in [0.2, 0.25) is 0 Å². The second-order valence-electron chi connectivity index (χ2n) is 0.656. The van der Waals surface area contributed by atoms with E-state index in [1.807, 2.05) is 0 Å². The molecule has 10 heteroatoms. The summed E-state index contributed by atoms with van der Waals surface area (Å²) in [5.41, 5.74) is 0. The first-order valence-corrected chi connectivity index (χ1v) is 3.91. The molecule has 4 nitrogen and oxygen atoms in total. The number of rotatable bonds is 0. The van der Waals surface area contributed by atoms with E-state index < -0.39 is 22.8 Å². The molecule has 0 amide bonds. The molecule has 0 spiro atoms. The topological polar surface area (TPSA) is 77.8 Å². The Morgan fingerprint density at radius 1 is 1.20 bits per heavy atom. The summed E-state index contributed by atoms with van der Waals surface area (Å²) < 4.78 is 38.1. The van der Waals surface area contributed by atoms with E-state index in [-0.39, 0.29) is 20.3 Å². The van der Waals surface area contributed by atoms with Crippen molar-refractivity contribution >= 4 is 7.82 Å². The number of halogens is 3. The van der Waals surface area contributed by atoms with Gasteiger partial charge in [-0.3, -0.25) is 0 Å². The van der Waals surface area contributed by atoms with E-state index in [9.17, 15) is 10.7 Å². The molecule has 0 aromatic heterocycles. The van der Waals surface area contributed by atoms with Gasteiger partial charge < -0.3 is 16.1 Å². The summed E-state index contributed by atoms with van der Waals surface area (Å²) in [6.07, 6.45) is 0. The van der Waals surface area contributed by atoms with Crippen LogP contribution in [0.4, 0.5) is 10.7 Å². The van der Waals surface area contributed by atoms with Gasteiger partial charge in [0.25, 0.3) is 0 Å². The van der Waals surface area contributed by atoms with Crippen LogP contribution in [0.1, 0.15) is 1.43 Å².